The van der Waals surface area contributed by atoms with Crippen LogP contribution in [0, 0.1) is 0 Å². The average molecular weight is 449 g/mol. The number of hydrogen-bond donors (Lipinski definition) is 2. The molecule has 5 rings (SSSR count). The van der Waals surface area contributed by atoms with Crippen molar-refractivity contribution in [2.24, 2.45) is 0 Å². The fourth-order valence-corrected chi connectivity index (χ4v) is 5.43. The number of sulfonamides is 1. The van der Waals surface area contributed by atoms with Crippen molar-refractivity contribution in [3.05, 3.63) is 72.4 Å². The SMILES string of the molecule is CN1CCN(CCc2c[nH]c3ccc(NS(=O)(=O)c4ccc5ccccc5c4)cc23)CC1. The van der Waals surface area contributed by atoms with E-state index in [9.17, 15) is 8.42 Å². The van der Waals surface area contributed by atoms with Crippen LogP contribution in [0.15, 0.2) is 71.8 Å². The molecule has 0 bridgehead atoms. The Morgan fingerprint density at radius 2 is 1.72 bits per heavy atom. The van der Waals surface area contributed by atoms with E-state index in [-0.39, 0.29) is 4.90 Å². The number of aromatic amines is 1. The van der Waals surface area contributed by atoms with Crippen LogP contribution in [0.25, 0.3) is 21.7 Å². The molecule has 1 aliphatic heterocycles. The highest BCUT2D eigenvalue weighted by atomic mass is 32.2. The van der Waals surface area contributed by atoms with Crippen LogP contribution in [0.5, 0.6) is 0 Å². The standard InChI is InChI=1S/C25H28N4O2S/c1-28-12-14-29(15-13-28)11-10-21-18-26-25-9-7-22(17-24(21)25)27-32(30,31)23-8-6-19-4-2-3-5-20(19)16-23/h2-9,16-18,26-27H,10-15H2,1H3. The zero-order valence-electron chi connectivity index (χ0n) is 18.2. The first-order chi connectivity index (χ1) is 15.5. The lowest BCUT2D eigenvalue weighted by molar-refractivity contribution is 0.155. The van der Waals surface area contributed by atoms with Crippen molar-refractivity contribution < 1.29 is 8.42 Å². The monoisotopic (exact) mass is 448 g/mol. The number of piperazine rings is 1. The summed E-state index contributed by atoms with van der Waals surface area (Å²) in [5.41, 5.74) is 2.81. The van der Waals surface area contributed by atoms with Gasteiger partial charge in [0.2, 0.25) is 0 Å². The van der Waals surface area contributed by atoms with Crippen LogP contribution in [0.3, 0.4) is 0 Å². The molecule has 0 aliphatic carbocycles. The van der Waals surface area contributed by atoms with Gasteiger partial charge in [-0.25, -0.2) is 8.42 Å². The highest BCUT2D eigenvalue weighted by Crippen LogP contribution is 2.26. The highest BCUT2D eigenvalue weighted by molar-refractivity contribution is 7.92. The Balaban J connectivity index is 1.35. The van der Waals surface area contributed by atoms with Gasteiger partial charge in [0.15, 0.2) is 0 Å². The van der Waals surface area contributed by atoms with E-state index in [1.165, 1.54) is 5.56 Å². The maximum absolute atomic E-state index is 13.0. The van der Waals surface area contributed by atoms with Gasteiger partial charge in [-0.15, -0.1) is 0 Å². The molecule has 0 unspecified atom stereocenters. The van der Waals surface area contributed by atoms with Crippen molar-refractivity contribution in [2.45, 2.75) is 11.3 Å². The van der Waals surface area contributed by atoms with Crippen molar-refractivity contribution in [1.29, 1.82) is 0 Å². The molecule has 32 heavy (non-hydrogen) atoms. The van der Waals surface area contributed by atoms with E-state index in [2.05, 4.69) is 26.6 Å². The van der Waals surface area contributed by atoms with Crippen LogP contribution in [-0.4, -0.2) is 63.0 Å². The lowest BCUT2D eigenvalue weighted by Crippen LogP contribution is -2.45. The first kappa shape index (κ1) is 21.0. The predicted molar refractivity (Wildman–Crippen MR) is 131 cm³/mol. The highest BCUT2D eigenvalue weighted by Gasteiger charge is 2.17. The third kappa shape index (κ3) is 4.37. The molecule has 2 N–H and O–H groups in total. The summed E-state index contributed by atoms with van der Waals surface area (Å²) in [7, 11) is -1.51. The summed E-state index contributed by atoms with van der Waals surface area (Å²) < 4.78 is 28.8. The Labute approximate surface area is 188 Å². The molecule has 0 amide bonds. The molecular formula is C25H28N4O2S. The summed E-state index contributed by atoms with van der Waals surface area (Å²) in [5.74, 6) is 0. The first-order valence-electron chi connectivity index (χ1n) is 11.0. The maximum atomic E-state index is 13.0. The topological polar surface area (TPSA) is 68.4 Å². The molecule has 1 aliphatic rings. The molecule has 3 aromatic carbocycles. The van der Waals surface area contributed by atoms with Gasteiger partial charge in [0.1, 0.15) is 0 Å². The molecule has 0 saturated carbocycles. The number of aromatic nitrogens is 1. The summed E-state index contributed by atoms with van der Waals surface area (Å²) in [6.45, 7) is 5.41. The van der Waals surface area contributed by atoms with Crippen LogP contribution in [-0.2, 0) is 16.4 Å². The van der Waals surface area contributed by atoms with E-state index in [0.717, 1.165) is 60.8 Å². The minimum Gasteiger partial charge on any atom is -0.361 e. The summed E-state index contributed by atoms with van der Waals surface area (Å²) >= 11 is 0. The molecule has 0 atom stereocenters. The number of nitrogens with zero attached hydrogens (tertiary/aromatic N) is 2. The molecule has 1 saturated heterocycles. The van der Waals surface area contributed by atoms with Crippen molar-refractivity contribution in [3.8, 4) is 0 Å². The van der Waals surface area contributed by atoms with Gasteiger partial charge in [0.05, 0.1) is 4.90 Å². The van der Waals surface area contributed by atoms with E-state index >= 15 is 0 Å². The number of benzene rings is 3. The fraction of sp³-hybridized carbons (Fsp3) is 0.280. The van der Waals surface area contributed by atoms with Crippen LogP contribution < -0.4 is 4.72 Å². The van der Waals surface area contributed by atoms with Gasteiger partial charge < -0.3 is 14.8 Å². The van der Waals surface area contributed by atoms with E-state index in [1.807, 2.05) is 54.7 Å². The van der Waals surface area contributed by atoms with Gasteiger partial charge in [-0.3, -0.25) is 4.72 Å². The second kappa shape index (κ2) is 8.58. The third-order valence-corrected chi connectivity index (χ3v) is 7.72. The number of H-pyrrole nitrogens is 1. The number of anilines is 1. The molecular weight excluding hydrogens is 420 g/mol. The van der Waals surface area contributed by atoms with Crippen LogP contribution >= 0.6 is 0 Å². The van der Waals surface area contributed by atoms with Gasteiger partial charge in [-0.2, -0.15) is 0 Å². The second-order valence-corrected chi connectivity index (χ2v) is 10.3. The average Bonchev–Trinajstić information content (AvgIpc) is 3.20. The van der Waals surface area contributed by atoms with Gasteiger partial charge in [-0.1, -0.05) is 30.3 Å². The number of likely N-dealkylation sites (N-methyl/N-ethyl adjacent to an activating group) is 1. The minimum absolute atomic E-state index is 0.264. The third-order valence-electron chi connectivity index (χ3n) is 6.34. The van der Waals surface area contributed by atoms with Gasteiger partial charge >= 0.3 is 0 Å². The normalized spacial score (nSPS) is 16.0. The molecule has 4 aromatic rings. The van der Waals surface area contributed by atoms with Crippen LogP contribution in [0.2, 0.25) is 0 Å². The van der Waals surface area contributed by atoms with Gasteiger partial charge in [0, 0.05) is 55.5 Å². The Morgan fingerprint density at radius 1 is 0.938 bits per heavy atom. The summed E-state index contributed by atoms with van der Waals surface area (Å²) in [6, 6.07) is 18.6. The van der Waals surface area contributed by atoms with Crippen molar-refractivity contribution in [2.75, 3.05) is 44.5 Å². The Kier molecular flexibility index (Phi) is 5.63. The van der Waals surface area contributed by atoms with Crippen LogP contribution in [0.1, 0.15) is 5.56 Å². The van der Waals surface area contributed by atoms with E-state index in [1.54, 1.807) is 12.1 Å². The number of rotatable bonds is 6. The molecule has 0 radical (unpaired) electrons. The summed E-state index contributed by atoms with van der Waals surface area (Å²) in [6.07, 6.45) is 2.98. The predicted octanol–water partition coefficient (Wildman–Crippen LogP) is 3.91. The van der Waals surface area contributed by atoms with Gasteiger partial charge in [-0.05, 0) is 60.1 Å². The zero-order valence-corrected chi connectivity index (χ0v) is 19.0. The molecule has 1 aromatic heterocycles. The summed E-state index contributed by atoms with van der Waals surface area (Å²) in [5, 5.41) is 2.99. The number of fused-ring (bicyclic) bond motifs is 2. The second-order valence-electron chi connectivity index (χ2n) is 8.58. The van der Waals surface area contributed by atoms with E-state index in [0.29, 0.717) is 5.69 Å². The Hall–Kier alpha value is -2.87. The molecule has 1 fully saturated rings. The summed E-state index contributed by atoms with van der Waals surface area (Å²) in [4.78, 5) is 8.43. The number of hydrogen-bond acceptors (Lipinski definition) is 4. The Morgan fingerprint density at radius 3 is 2.53 bits per heavy atom. The molecule has 6 nitrogen and oxygen atoms in total. The quantitative estimate of drug-likeness (QED) is 0.469. The molecule has 166 valence electrons. The lowest BCUT2D eigenvalue weighted by atomic mass is 10.1. The molecule has 0 spiro atoms. The zero-order chi connectivity index (χ0) is 22.1. The number of nitrogens with one attached hydrogen (secondary N) is 2. The van der Waals surface area contributed by atoms with Crippen molar-refractivity contribution >= 4 is 37.4 Å². The van der Waals surface area contributed by atoms with E-state index < -0.39 is 10.0 Å². The van der Waals surface area contributed by atoms with Gasteiger partial charge in [0.25, 0.3) is 10.0 Å². The first-order valence-corrected chi connectivity index (χ1v) is 12.5. The molecule has 7 heteroatoms. The van der Waals surface area contributed by atoms with E-state index in [4.69, 9.17) is 0 Å². The maximum Gasteiger partial charge on any atom is 0.261 e. The van der Waals surface area contributed by atoms with Crippen molar-refractivity contribution in [3.63, 3.8) is 0 Å². The lowest BCUT2D eigenvalue weighted by Gasteiger charge is -2.32. The van der Waals surface area contributed by atoms with Crippen molar-refractivity contribution in [1.82, 2.24) is 14.8 Å². The fourth-order valence-electron chi connectivity index (χ4n) is 4.35. The smallest absolute Gasteiger partial charge is 0.261 e. The Bertz CT molecular complexity index is 1350. The van der Waals surface area contributed by atoms with Crippen LogP contribution in [0.4, 0.5) is 5.69 Å². The molecule has 2 heterocycles. The minimum atomic E-state index is -3.68. The largest absolute Gasteiger partial charge is 0.361 e.